The van der Waals surface area contributed by atoms with E-state index in [4.69, 9.17) is 0 Å². The van der Waals surface area contributed by atoms with Crippen LogP contribution in [0.2, 0.25) is 0 Å². The topological polar surface area (TPSA) is 15.3 Å². The summed E-state index contributed by atoms with van der Waals surface area (Å²) in [6.45, 7) is 13.0. The molecule has 21 heavy (non-hydrogen) atoms. The molecule has 3 rings (SSSR count). The van der Waals surface area contributed by atoms with Crippen LogP contribution in [0, 0.1) is 10.8 Å². The second kappa shape index (κ2) is 5.31. The maximum atomic E-state index is 3.57. The molecule has 1 fully saturated rings. The van der Waals surface area contributed by atoms with E-state index in [-0.39, 0.29) is 0 Å². The lowest BCUT2D eigenvalue weighted by molar-refractivity contribution is 0.0954. The fraction of sp³-hybridized carbons (Fsp3) is 0.684. The molecule has 0 radical (unpaired) electrons. The van der Waals surface area contributed by atoms with E-state index in [9.17, 15) is 0 Å². The van der Waals surface area contributed by atoms with Crippen molar-refractivity contribution in [3.63, 3.8) is 0 Å². The monoisotopic (exact) mass is 286 g/mol. The van der Waals surface area contributed by atoms with Crippen LogP contribution < -0.4 is 10.2 Å². The summed E-state index contributed by atoms with van der Waals surface area (Å²) in [6, 6.07) is 9.62. The Morgan fingerprint density at radius 3 is 2.43 bits per heavy atom. The molecule has 2 heteroatoms. The van der Waals surface area contributed by atoms with Gasteiger partial charge in [-0.1, -0.05) is 45.9 Å². The van der Waals surface area contributed by atoms with E-state index in [0.717, 1.165) is 19.6 Å². The fourth-order valence-corrected chi connectivity index (χ4v) is 4.87. The molecule has 2 nitrogen and oxygen atoms in total. The van der Waals surface area contributed by atoms with E-state index >= 15 is 0 Å². The first kappa shape index (κ1) is 14.9. The van der Waals surface area contributed by atoms with Gasteiger partial charge in [0, 0.05) is 31.4 Å². The lowest BCUT2D eigenvalue weighted by Gasteiger charge is -2.49. The van der Waals surface area contributed by atoms with Crippen molar-refractivity contribution in [2.24, 2.45) is 10.8 Å². The van der Waals surface area contributed by atoms with E-state index in [0.29, 0.717) is 16.9 Å². The van der Waals surface area contributed by atoms with Crippen molar-refractivity contribution >= 4 is 5.69 Å². The van der Waals surface area contributed by atoms with Gasteiger partial charge in [-0.3, -0.25) is 0 Å². The summed E-state index contributed by atoms with van der Waals surface area (Å²) in [6.07, 6.45) is 3.96. The third kappa shape index (κ3) is 3.26. The first-order chi connectivity index (χ1) is 9.86. The van der Waals surface area contributed by atoms with Crippen LogP contribution in [0.1, 0.15) is 52.5 Å². The van der Waals surface area contributed by atoms with Gasteiger partial charge >= 0.3 is 0 Å². The zero-order valence-corrected chi connectivity index (χ0v) is 14.1. The Hall–Kier alpha value is -1.02. The highest BCUT2D eigenvalue weighted by Gasteiger charge is 2.41. The molecular weight excluding hydrogens is 256 g/mol. The van der Waals surface area contributed by atoms with Gasteiger partial charge < -0.3 is 10.2 Å². The Balaban J connectivity index is 1.92. The number of hydrogen-bond donors (Lipinski definition) is 1. The van der Waals surface area contributed by atoms with Gasteiger partial charge in [0.1, 0.15) is 0 Å². The van der Waals surface area contributed by atoms with E-state index in [1.807, 2.05) is 0 Å². The van der Waals surface area contributed by atoms with Gasteiger partial charge in [-0.25, -0.2) is 0 Å². The van der Waals surface area contributed by atoms with Crippen LogP contribution in [0.25, 0.3) is 0 Å². The summed E-state index contributed by atoms with van der Waals surface area (Å²) < 4.78 is 0. The van der Waals surface area contributed by atoms with Gasteiger partial charge in [-0.05, 0) is 41.7 Å². The normalized spacial score (nSPS) is 25.2. The van der Waals surface area contributed by atoms with Crippen LogP contribution in [-0.4, -0.2) is 19.1 Å². The molecule has 1 aliphatic carbocycles. The second-order valence-electron chi connectivity index (χ2n) is 8.57. The van der Waals surface area contributed by atoms with Crippen molar-refractivity contribution in [2.75, 3.05) is 18.0 Å². The summed E-state index contributed by atoms with van der Waals surface area (Å²) in [5.41, 5.74) is 3.81. The maximum absolute atomic E-state index is 3.57. The van der Waals surface area contributed by atoms with Crippen LogP contribution >= 0.6 is 0 Å². The van der Waals surface area contributed by atoms with Crippen molar-refractivity contribution in [2.45, 2.75) is 59.5 Å². The number of nitrogens with one attached hydrogen (secondary N) is 1. The Bertz CT molecular complexity index is 488. The molecule has 1 heterocycles. The molecule has 1 aromatic carbocycles. The Morgan fingerprint density at radius 2 is 1.71 bits per heavy atom. The maximum Gasteiger partial charge on any atom is 0.0414 e. The Morgan fingerprint density at radius 1 is 1.05 bits per heavy atom. The van der Waals surface area contributed by atoms with Gasteiger partial charge in [-0.2, -0.15) is 0 Å². The van der Waals surface area contributed by atoms with Gasteiger partial charge in [0.15, 0.2) is 0 Å². The zero-order chi connectivity index (χ0) is 15.1. The summed E-state index contributed by atoms with van der Waals surface area (Å²) in [5, 5.41) is 3.57. The number of nitrogens with zero attached hydrogens (tertiary/aromatic N) is 1. The summed E-state index contributed by atoms with van der Waals surface area (Å²) >= 11 is 0. The minimum Gasteiger partial charge on any atom is -0.367 e. The highest BCUT2D eigenvalue weighted by atomic mass is 15.2. The molecule has 2 aliphatic rings. The minimum absolute atomic E-state index is 0.446. The number of hydrogen-bond acceptors (Lipinski definition) is 2. The van der Waals surface area contributed by atoms with E-state index in [1.165, 1.54) is 30.5 Å². The molecule has 0 bridgehead atoms. The second-order valence-corrected chi connectivity index (χ2v) is 8.57. The summed E-state index contributed by atoms with van der Waals surface area (Å²) in [4.78, 5) is 2.69. The SMILES string of the molecule is CC1(C)CC(N2CCNCc3ccccc32)CC(C)(C)C1. The average Bonchev–Trinajstić information content (AvgIpc) is 2.57. The lowest BCUT2D eigenvalue weighted by Crippen LogP contribution is -2.47. The van der Waals surface area contributed by atoms with E-state index in [1.54, 1.807) is 0 Å². The summed E-state index contributed by atoms with van der Waals surface area (Å²) in [7, 11) is 0. The van der Waals surface area contributed by atoms with Crippen LogP contribution in [0.15, 0.2) is 24.3 Å². The standard InChI is InChI=1S/C19H30N2/c1-18(2)11-16(12-19(3,4)14-18)21-10-9-20-13-15-7-5-6-8-17(15)21/h5-8,16,20H,9-14H2,1-4H3. The zero-order valence-electron chi connectivity index (χ0n) is 14.1. The molecule has 0 spiro atoms. The molecule has 1 saturated carbocycles. The predicted octanol–water partition coefficient (Wildman–Crippen LogP) is 4.20. The van der Waals surface area contributed by atoms with Crippen LogP contribution in [0.3, 0.4) is 0 Å². The molecule has 0 unspecified atom stereocenters. The molecule has 0 saturated heterocycles. The molecule has 0 amide bonds. The molecule has 0 aromatic heterocycles. The average molecular weight is 286 g/mol. The number of rotatable bonds is 1. The minimum atomic E-state index is 0.446. The van der Waals surface area contributed by atoms with Crippen molar-refractivity contribution in [1.29, 1.82) is 0 Å². The van der Waals surface area contributed by atoms with Crippen molar-refractivity contribution in [3.05, 3.63) is 29.8 Å². The number of benzene rings is 1. The van der Waals surface area contributed by atoms with Gasteiger partial charge in [0.2, 0.25) is 0 Å². The fourth-order valence-electron chi connectivity index (χ4n) is 4.87. The van der Waals surface area contributed by atoms with Crippen molar-refractivity contribution in [3.8, 4) is 0 Å². The molecule has 1 aliphatic heterocycles. The first-order valence-electron chi connectivity index (χ1n) is 8.42. The van der Waals surface area contributed by atoms with Crippen molar-refractivity contribution in [1.82, 2.24) is 5.32 Å². The smallest absolute Gasteiger partial charge is 0.0414 e. The van der Waals surface area contributed by atoms with E-state index in [2.05, 4.69) is 62.2 Å². The quantitative estimate of drug-likeness (QED) is 0.832. The number of para-hydroxylation sites is 1. The third-order valence-corrected chi connectivity index (χ3v) is 5.12. The lowest BCUT2D eigenvalue weighted by atomic mass is 9.63. The number of anilines is 1. The van der Waals surface area contributed by atoms with E-state index < -0.39 is 0 Å². The van der Waals surface area contributed by atoms with Gasteiger partial charge in [0.05, 0.1) is 0 Å². The highest BCUT2D eigenvalue weighted by molar-refractivity contribution is 5.55. The molecular formula is C19H30N2. The molecule has 0 atom stereocenters. The Kier molecular flexibility index (Phi) is 3.77. The van der Waals surface area contributed by atoms with Crippen LogP contribution in [-0.2, 0) is 6.54 Å². The largest absolute Gasteiger partial charge is 0.367 e. The summed E-state index contributed by atoms with van der Waals surface area (Å²) in [5.74, 6) is 0. The van der Waals surface area contributed by atoms with Crippen LogP contribution in [0.4, 0.5) is 5.69 Å². The molecule has 1 aromatic rings. The van der Waals surface area contributed by atoms with Gasteiger partial charge in [-0.15, -0.1) is 0 Å². The molecule has 116 valence electrons. The molecule has 1 N–H and O–H groups in total. The predicted molar refractivity (Wildman–Crippen MR) is 90.7 cm³/mol. The number of fused-ring (bicyclic) bond motifs is 1. The Labute approximate surface area is 129 Å². The highest BCUT2D eigenvalue weighted by Crippen LogP contribution is 2.48. The third-order valence-electron chi connectivity index (χ3n) is 5.12. The first-order valence-corrected chi connectivity index (χ1v) is 8.42. The van der Waals surface area contributed by atoms with Crippen molar-refractivity contribution < 1.29 is 0 Å². The van der Waals surface area contributed by atoms with Gasteiger partial charge in [0.25, 0.3) is 0 Å². The van der Waals surface area contributed by atoms with Crippen LogP contribution in [0.5, 0.6) is 0 Å².